The highest BCUT2D eigenvalue weighted by atomic mass is 79.9. The molecule has 2 rings (SSSR count). The Hall–Kier alpha value is -1.88. The molecule has 0 aliphatic carbocycles. The van der Waals surface area contributed by atoms with Crippen LogP contribution in [0.25, 0.3) is 0 Å². The van der Waals surface area contributed by atoms with E-state index in [1.165, 1.54) is 12.1 Å². The van der Waals surface area contributed by atoms with E-state index in [-0.39, 0.29) is 5.56 Å². The predicted molar refractivity (Wildman–Crippen MR) is 79.3 cm³/mol. The Bertz CT molecular complexity index is 646. The lowest BCUT2D eigenvalue weighted by Gasteiger charge is -2.17. The molecule has 3 nitrogen and oxygen atoms in total. The third-order valence-corrected chi connectivity index (χ3v) is 3.34. The Balaban J connectivity index is 2.34. The Morgan fingerprint density at radius 1 is 1.30 bits per heavy atom. The minimum Gasteiger partial charge on any atom is -0.479 e. The monoisotopic (exact) mass is 337 g/mol. The molecule has 0 fully saturated rings. The largest absolute Gasteiger partial charge is 0.479 e. The van der Waals surface area contributed by atoms with E-state index in [2.05, 4.69) is 21.2 Å². The van der Waals surface area contributed by atoms with E-state index in [0.717, 1.165) is 5.56 Å². The van der Waals surface area contributed by atoms with Gasteiger partial charge in [-0.2, -0.15) is 0 Å². The number of aliphatic carboxylic acids is 1. The van der Waals surface area contributed by atoms with E-state index in [4.69, 9.17) is 0 Å². The molecular formula is C15H13BrFNO2. The average molecular weight is 338 g/mol. The van der Waals surface area contributed by atoms with Gasteiger partial charge in [-0.1, -0.05) is 34.1 Å². The lowest BCUT2D eigenvalue weighted by atomic mass is 10.1. The summed E-state index contributed by atoms with van der Waals surface area (Å²) in [6.45, 7) is 1.90. The van der Waals surface area contributed by atoms with Crippen molar-refractivity contribution in [2.24, 2.45) is 0 Å². The summed E-state index contributed by atoms with van der Waals surface area (Å²) < 4.78 is 14.5. The maximum Gasteiger partial charge on any atom is 0.330 e. The lowest BCUT2D eigenvalue weighted by Crippen LogP contribution is -2.21. The van der Waals surface area contributed by atoms with Crippen LogP contribution in [0.15, 0.2) is 46.9 Å². The zero-order chi connectivity index (χ0) is 14.7. The summed E-state index contributed by atoms with van der Waals surface area (Å²) >= 11 is 3.15. The number of rotatable bonds is 4. The highest BCUT2D eigenvalue weighted by molar-refractivity contribution is 9.10. The first-order valence-electron chi connectivity index (χ1n) is 5.98. The summed E-state index contributed by atoms with van der Waals surface area (Å²) in [5.41, 5.74) is 1.73. The van der Waals surface area contributed by atoms with Crippen LogP contribution in [0.1, 0.15) is 17.2 Å². The molecule has 0 radical (unpaired) electrons. The van der Waals surface area contributed by atoms with Crippen LogP contribution in [-0.4, -0.2) is 11.1 Å². The fourth-order valence-electron chi connectivity index (χ4n) is 1.91. The van der Waals surface area contributed by atoms with Crippen molar-refractivity contribution in [3.63, 3.8) is 0 Å². The van der Waals surface area contributed by atoms with Gasteiger partial charge in [0.25, 0.3) is 0 Å². The Morgan fingerprint density at radius 3 is 2.65 bits per heavy atom. The maximum absolute atomic E-state index is 13.9. The molecule has 0 saturated carbocycles. The van der Waals surface area contributed by atoms with Gasteiger partial charge in [0.05, 0.1) is 0 Å². The van der Waals surface area contributed by atoms with Crippen LogP contribution in [-0.2, 0) is 4.79 Å². The van der Waals surface area contributed by atoms with Gasteiger partial charge in [-0.25, -0.2) is 9.18 Å². The molecule has 2 aromatic carbocycles. The van der Waals surface area contributed by atoms with Crippen LogP contribution in [0.2, 0.25) is 0 Å². The lowest BCUT2D eigenvalue weighted by molar-refractivity contribution is -0.138. The summed E-state index contributed by atoms with van der Waals surface area (Å²) in [6.07, 6.45) is 0. The fraction of sp³-hybridized carbons (Fsp3) is 0.133. The van der Waals surface area contributed by atoms with Gasteiger partial charge >= 0.3 is 5.97 Å². The number of aryl methyl sites for hydroxylation is 1. The van der Waals surface area contributed by atoms with E-state index >= 15 is 0 Å². The first-order valence-corrected chi connectivity index (χ1v) is 6.77. The number of halogens is 2. The SMILES string of the molecule is Cc1cccc(NC(C(=O)O)c2ccc(Br)cc2F)c1. The molecule has 1 unspecified atom stereocenters. The number of hydrogen-bond acceptors (Lipinski definition) is 2. The fourth-order valence-corrected chi connectivity index (χ4v) is 2.24. The van der Waals surface area contributed by atoms with Crippen molar-refractivity contribution in [3.05, 3.63) is 63.9 Å². The third kappa shape index (κ3) is 3.36. The summed E-state index contributed by atoms with van der Waals surface area (Å²) in [4.78, 5) is 11.4. The number of carbonyl (C=O) groups is 1. The Morgan fingerprint density at radius 2 is 2.05 bits per heavy atom. The summed E-state index contributed by atoms with van der Waals surface area (Å²) in [5, 5.41) is 12.2. The van der Waals surface area contributed by atoms with Crippen molar-refractivity contribution in [3.8, 4) is 0 Å². The van der Waals surface area contributed by atoms with E-state index < -0.39 is 17.8 Å². The van der Waals surface area contributed by atoms with Crippen LogP contribution in [0, 0.1) is 12.7 Å². The van der Waals surface area contributed by atoms with Crippen molar-refractivity contribution in [2.75, 3.05) is 5.32 Å². The molecule has 2 aromatic rings. The normalized spacial score (nSPS) is 11.9. The van der Waals surface area contributed by atoms with Gasteiger partial charge in [-0.05, 0) is 36.8 Å². The van der Waals surface area contributed by atoms with Gasteiger partial charge in [0.15, 0.2) is 6.04 Å². The second-order valence-electron chi connectivity index (χ2n) is 4.45. The van der Waals surface area contributed by atoms with Gasteiger partial charge < -0.3 is 10.4 Å². The molecule has 2 N–H and O–H groups in total. The number of carboxylic acids is 1. The van der Waals surface area contributed by atoms with Gasteiger partial charge in [-0.15, -0.1) is 0 Å². The van der Waals surface area contributed by atoms with Crippen LogP contribution >= 0.6 is 15.9 Å². The van der Waals surface area contributed by atoms with Crippen molar-refractivity contribution < 1.29 is 14.3 Å². The second kappa shape index (κ2) is 6.05. The topological polar surface area (TPSA) is 49.3 Å². The smallest absolute Gasteiger partial charge is 0.330 e. The summed E-state index contributed by atoms with van der Waals surface area (Å²) in [7, 11) is 0. The molecule has 0 saturated heterocycles. The number of benzene rings is 2. The minimum absolute atomic E-state index is 0.0993. The van der Waals surface area contributed by atoms with Crippen molar-refractivity contribution in [1.82, 2.24) is 0 Å². The van der Waals surface area contributed by atoms with Crippen molar-refractivity contribution in [2.45, 2.75) is 13.0 Å². The van der Waals surface area contributed by atoms with E-state index in [0.29, 0.717) is 10.2 Å². The summed E-state index contributed by atoms with van der Waals surface area (Å²) in [6, 6.07) is 10.5. The van der Waals surface area contributed by atoms with Gasteiger partial charge in [0, 0.05) is 15.7 Å². The van der Waals surface area contributed by atoms with Crippen LogP contribution in [0.3, 0.4) is 0 Å². The number of nitrogens with one attached hydrogen (secondary N) is 1. The molecule has 0 aromatic heterocycles. The molecule has 0 aliphatic heterocycles. The molecular weight excluding hydrogens is 325 g/mol. The van der Waals surface area contributed by atoms with Crippen LogP contribution in [0.4, 0.5) is 10.1 Å². The molecule has 0 spiro atoms. The van der Waals surface area contributed by atoms with Crippen LogP contribution < -0.4 is 5.32 Å². The zero-order valence-electron chi connectivity index (χ0n) is 10.7. The zero-order valence-corrected chi connectivity index (χ0v) is 12.3. The first-order chi connectivity index (χ1) is 9.47. The summed E-state index contributed by atoms with van der Waals surface area (Å²) in [5.74, 6) is -1.69. The van der Waals surface area contributed by atoms with E-state index in [1.54, 1.807) is 12.1 Å². The highest BCUT2D eigenvalue weighted by Crippen LogP contribution is 2.25. The number of anilines is 1. The van der Waals surface area contributed by atoms with Gasteiger partial charge in [0.1, 0.15) is 5.82 Å². The van der Waals surface area contributed by atoms with E-state index in [1.807, 2.05) is 25.1 Å². The number of carboxylic acid groups (broad SMARTS) is 1. The predicted octanol–water partition coefficient (Wildman–Crippen LogP) is 4.13. The van der Waals surface area contributed by atoms with Gasteiger partial charge in [0.2, 0.25) is 0 Å². The first kappa shape index (κ1) is 14.5. The van der Waals surface area contributed by atoms with Crippen LogP contribution in [0.5, 0.6) is 0 Å². The second-order valence-corrected chi connectivity index (χ2v) is 5.37. The van der Waals surface area contributed by atoms with Crippen molar-refractivity contribution in [1.29, 1.82) is 0 Å². The molecule has 0 aliphatic rings. The molecule has 20 heavy (non-hydrogen) atoms. The molecule has 0 bridgehead atoms. The Labute approximate surface area is 124 Å². The molecule has 0 amide bonds. The minimum atomic E-state index is -1.13. The molecule has 5 heteroatoms. The maximum atomic E-state index is 13.9. The number of hydrogen-bond donors (Lipinski definition) is 2. The van der Waals surface area contributed by atoms with Gasteiger partial charge in [-0.3, -0.25) is 0 Å². The average Bonchev–Trinajstić information content (AvgIpc) is 2.36. The molecule has 104 valence electrons. The third-order valence-electron chi connectivity index (χ3n) is 2.85. The molecule has 1 atom stereocenters. The molecule has 0 heterocycles. The standard InChI is InChI=1S/C15H13BrFNO2/c1-9-3-2-4-11(7-9)18-14(15(19)20)12-6-5-10(16)8-13(12)17/h2-8,14,18H,1H3,(H,19,20). The quantitative estimate of drug-likeness (QED) is 0.881. The van der Waals surface area contributed by atoms with Crippen molar-refractivity contribution >= 4 is 27.6 Å². The highest BCUT2D eigenvalue weighted by Gasteiger charge is 2.23. The van der Waals surface area contributed by atoms with E-state index in [9.17, 15) is 14.3 Å². The Kier molecular flexibility index (Phi) is 4.39.